The smallest absolute Gasteiger partial charge is 0.263 e. The van der Waals surface area contributed by atoms with Crippen LogP contribution in [-0.4, -0.2) is 68.0 Å². The first-order chi connectivity index (χ1) is 14.3. The third-order valence-electron chi connectivity index (χ3n) is 4.78. The molecular formula is C19H24ClN3O5S2. The summed E-state index contributed by atoms with van der Waals surface area (Å²) >= 11 is 7.29. The first-order valence-corrected chi connectivity index (χ1v) is 12.6. The number of methoxy groups -OCH3 is 1. The Bertz CT molecular complexity index is 1100. The number of carbonyl (C=O) groups is 2. The maximum absolute atomic E-state index is 12.4. The van der Waals surface area contributed by atoms with Gasteiger partial charge in [0.25, 0.3) is 5.91 Å². The average molecular weight is 474 g/mol. The minimum Gasteiger partial charge on any atom is -0.383 e. The Morgan fingerprint density at radius 2 is 1.93 bits per heavy atom. The van der Waals surface area contributed by atoms with Gasteiger partial charge in [0.2, 0.25) is 5.91 Å². The molecule has 1 aliphatic heterocycles. The Morgan fingerprint density at radius 3 is 2.63 bits per heavy atom. The number of hydrogen-bond donors (Lipinski definition) is 0. The number of halogens is 1. The molecule has 1 saturated heterocycles. The van der Waals surface area contributed by atoms with Crippen molar-refractivity contribution in [1.82, 2.24) is 9.47 Å². The van der Waals surface area contributed by atoms with E-state index in [0.29, 0.717) is 36.1 Å². The van der Waals surface area contributed by atoms with Crippen LogP contribution in [0.3, 0.4) is 0 Å². The summed E-state index contributed by atoms with van der Waals surface area (Å²) in [5.41, 5.74) is 0.830. The highest BCUT2D eigenvalue weighted by Gasteiger charge is 2.25. The number of ether oxygens (including phenoxy) is 1. The van der Waals surface area contributed by atoms with E-state index in [1.54, 1.807) is 28.7 Å². The number of rotatable bonds is 7. The first kappa shape index (κ1) is 22.9. The fraction of sp³-hybridized carbons (Fsp3) is 0.526. The van der Waals surface area contributed by atoms with Gasteiger partial charge in [-0.05, 0) is 37.5 Å². The number of benzene rings is 1. The van der Waals surface area contributed by atoms with Crippen LogP contribution in [0.1, 0.15) is 19.3 Å². The molecular weight excluding hydrogens is 450 g/mol. The van der Waals surface area contributed by atoms with Crippen LogP contribution in [0.4, 0.5) is 0 Å². The Morgan fingerprint density at radius 1 is 1.20 bits per heavy atom. The van der Waals surface area contributed by atoms with Crippen molar-refractivity contribution in [2.45, 2.75) is 25.8 Å². The molecule has 0 bridgehead atoms. The number of aromatic nitrogens is 1. The van der Waals surface area contributed by atoms with Crippen molar-refractivity contribution in [3.05, 3.63) is 28.0 Å². The zero-order chi connectivity index (χ0) is 21.7. The van der Waals surface area contributed by atoms with Gasteiger partial charge in [-0.3, -0.25) is 9.59 Å². The predicted octanol–water partition coefficient (Wildman–Crippen LogP) is 1.86. The summed E-state index contributed by atoms with van der Waals surface area (Å²) in [6.07, 6.45) is 2.78. The van der Waals surface area contributed by atoms with Gasteiger partial charge in [0.15, 0.2) is 14.6 Å². The van der Waals surface area contributed by atoms with Crippen LogP contribution in [0.15, 0.2) is 23.2 Å². The van der Waals surface area contributed by atoms with E-state index in [0.717, 1.165) is 29.5 Å². The maximum atomic E-state index is 12.4. The van der Waals surface area contributed by atoms with Crippen molar-refractivity contribution < 1.29 is 22.7 Å². The number of nitrogens with zero attached hydrogens (tertiary/aromatic N) is 3. The van der Waals surface area contributed by atoms with Crippen LogP contribution in [-0.2, 0) is 30.7 Å². The van der Waals surface area contributed by atoms with Crippen molar-refractivity contribution >= 4 is 54.8 Å². The van der Waals surface area contributed by atoms with E-state index in [2.05, 4.69) is 4.99 Å². The molecule has 2 amide bonds. The van der Waals surface area contributed by atoms with Crippen LogP contribution in [0, 0.1) is 0 Å². The molecule has 0 unspecified atom stereocenters. The van der Waals surface area contributed by atoms with E-state index in [9.17, 15) is 18.0 Å². The Balaban J connectivity index is 1.79. The molecule has 1 fully saturated rings. The van der Waals surface area contributed by atoms with E-state index in [-0.39, 0.29) is 0 Å². The second kappa shape index (κ2) is 10.0. The van der Waals surface area contributed by atoms with Crippen molar-refractivity contribution in [2.75, 3.05) is 38.3 Å². The predicted molar refractivity (Wildman–Crippen MR) is 116 cm³/mol. The number of carbonyl (C=O) groups excluding carboxylic acids is 2. The highest BCUT2D eigenvalue weighted by Crippen LogP contribution is 2.22. The van der Waals surface area contributed by atoms with E-state index < -0.39 is 33.2 Å². The van der Waals surface area contributed by atoms with Crippen molar-refractivity contribution in [3.63, 3.8) is 0 Å². The molecule has 3 rings (SSSR count). The fourth-order valence-corrected chi connectivity index (χ4v) is 5.78. The van der Waals surface area contributed by atoms with Crippen LogP contribution in [0.5, 0.6) is 0 Å². The summed E-state index contributed by atoms with van der Waals surface area (Å²) in [6.45, 7) is 1.98. The molecule has 0 radical (unpaired) electrons. The van der Waals surface area contributed by atoms with Crippen molar-refractivity contribution in [3.8, 4) is 0 Å². The number of thiazole rings is 1. The van der Waals surface area contributed by atoms with E-state index in [1.165, 1.54) is 11.3 Å². The number of amides is 2. The fourth-order valence-electron chi connectivity index (χ4n) is 3.33. The Kier molecular flexibility index (Phi) is 7.67. The topological polar surface area (TPSA) is 98.0 Å². The molecule has 11 heteroatoms. The maximum Gasteiger partial charge on any atom is 0.263 e. The summed E-state index contributed by atoms with van der Waals surface area (Å²) in [4.78, 5) is 30.6. The van der Waals surface area contributed by atoms with Gasteiger partial charge >= 0.3 is 0 Å². The van der Waals surface area contributed by atoms with Gasteiger partial charge in [0.1, 0.15) is 11.5 Å². The summed E-state index contributed by atoms with van der Waals surface area (Å²) in [5, 5.41) is 0.555. The minimum atomic E-state index is -3.90. The second-order valence-electron chi connectivity index (χ2n) is 7.12. The molecule has 2 aromatic rings. The van der Waals surface area contributed by atoms with Gasteiger partial charge in [-0.2, -0.15) is 4.99 Å². The molecule has 0 N–H and O–H groups in total. The van der Waals surface area contributed by atoms with Gasteiger partial charge in [-0.1, -0.05) is 22.9 Å². The van der Waals surface area contributed by atoms with E-state index in [1.807, 2.05) is 6.07 Å². The second-order valence-corrected chi connectivity index (χ2v) is 10.6. The number of hydrogen-bond acceptors (Lipinski definition) is 6. The van der Waals surface area contributed by atoms with E-state index in [4.69, 9.17) is 16.3 Å². The van der Waals surface area contributed by atoms with Gasteiger partial charge in [0.05, 0.1) is 16.8 Å². The number of sulfone groups is 1. The monoisotopic (exact) mass is 473 g/mol. The van der Waals surface area contributed by atoms with Crippen LogP contribution < -0.4 is 4.80 Å². The SMILES string of the molecule is COCCn1c(=NC(=O)CS(=O)(=O)CC(=O)N2CCCCC2)sc2cc(Cl)ccc21. The third-order valence-corrected chi connectivity index (χ3v) is 7.43. The standard InChI is InChI=1S/C19H24ClN3O5S2/c1-28-10-9-23-15-6-5-14(20)11-16(15)29-19(23)21-17(24)12-30(26,27)13-18(25)22-7-3-2-4-8-22/h5-6,11H,2-4,7-10,12-13H2,1H3. The lowest BCUT2D eigenvalue weighted by molar-refractivity contribution is -0.129. The van der Waals surface area contributed by atoms with Gasteiger partial charge < -0.3 is 14.2 Å². The van der Waals surface area contributed by atoms with Crippen LogP contribution in [0.25, 0.3) is 10.2 Å². The molecule has 0 spiro atoms. The summed E-state index contributed by atoms with van der Waals surface area (Å²) in [7, 11) is -2.33. The Labute approximate surface area is 184 Å². The average Bonchev–Trinajstić information content (AvgIpc) is 3.01. The lowest BCUT2D eigenvalue weighted by Crippen LogP contribution is -2.40. The zero-order valence-electron chi connectivity index (χ0n) is 16.7. The summed E-state index contributed by atoms with van der Waals surface area (Å²) in [5.74, 6) is -2.72. The summed E-state index contributed by atoms with van der Waals surface area (Å²) in [6, 6.07) is 5.33. The zero-order valence-corrected chi connectivity index (χ0v) is 19.1. The van der Waals surface area contributed by atoms with E-state index >= 15 is 0 Å². The third kappa shape index (κ3) is 5.90. The highest BCUT2D eigenvalue weighted by molar-refractivity contribution is 7.92. The lowest BCUT2D eigenvalue weighted by atomic mass is 10.1. The van der Waals surface area contributed by atoms with Gasteiger partial charge in [-0.15, -0.1) is 0 Å². The van der Waals surface area contributed by atoms with Crippen molar-refractivity contribution in [1.29, 1.82) is 0 Å². The lowest BCUT2D eigenvalue weighted by Gasteiger charge is -2.26. The molecule has 8 nitrogen and oxygen atoms in total. The molecule has 0 atom stereocenters. The van der Waals surface area contributed by atoms with Crippen LogP contribution >= 0.6 is 22.9 Å². The van der Waals surface area contributed by atoms with Crippen molar-refractivity contribution in [2.24, 2.45) is 4.99 Å². The Hall–Kier alpha value is -1.75. The number of fused-ring (bicyclic) bond motifs is 1. The molecule has 1 aromatic heterocycles. The number of piperidine rings is 1. The highest BCUT2D eigenvalue weighted by atomic mass is 35.5. The van der Waals surface area contributed by atoms with Gasteiger partial charge in [0, 0.05) is 31.8 Å². The molecule has 0 saturated carbocycles. The molecule has 0 aliphatic carbocycles. The molecule has 2 heterocycles. The quantitative estimate of drug-likeness (QED) is 0.611. The normalized spacial score (nSPS) is 15.7. The van der Waals surface area contributed by atoms with Gasteiger partial charge in [-0.25, -0.2) is 8.42 Å². The molecule has 30 heavy (non-hydrogen) atoms. The number of likely N-dealkylation sites (tertiary alicyclic amines) is 1. The molecule has 1 aromatic carbocycles. The largest absolute Gasteiger partial charge is 0.383 e. The first-order valence-electron chi connectivity index (χ1n) is 9.62. The van der Waals surface area contributed by atoms with Crippen LogP contribution in [0.2, 0.25) is 5.02 Å². The minimum absolute atomic E-state index is 0.367. The molecule has 1 aliphatic rings. The summed E-state index contributed by atoms with van der Waals surface area (Å²) < 4.78 is 32.5. The molecule has 164 valence electrons.